The van der Waals surface area contributed by atoms with Crippen LogP contribution in [0.5, 0.6) is 0 Å². The summed E-state index contributed by atoms with van der Waals surface area (Å²) in [5.41, 5.74) is 3.15. The third-order valence-electron chi connectivity index (χ3n) is 3.05. The average Bonchev–Trinajstić information content (AvgIpc) is 2.96. The minimum atomic E-state index is 0.488. The number of aromatic nitrogens is 2. The van der Waals surface area contributed by atoms with Gasteiger partial charge in [-0.2, -0.15) is 4.98 Å². The number of anilines is 1. The molecule has 0 bridgehead atoms. The Morgan fingerprint density at radius 1 is 1.14 bits per heavy atom. The van der Waals surface area contributed by atoms with Gasteiger partial charge in [-0.1, -0.05) is 41.6 Å². The minimum absolute atomic E-state index is 0.488. The molecule has 106 valence electrons. The Balaban J connectivity index is 1.70. The molecule has 0 unspecified atom stereocenters. The molecule has 3 aromatic rings. The Labute approximate surface area is 131 Å². The van der Waals surface area contributed by atoms with Crippen molar-refractivity contribution in [2.75, 3.05) is 5.32 Å². The van der Waals surface area contributed by atoms with Gasteiger partial charge in [-0.25, -0.2) is 0 Å². The SMILES string of the molecule is Cc1ccc(NCc2nc(-c3ccccc3)no2)c(Br)c1. The van der Waals surface area contributed by atoms with E-state index in [0.717, 1.165) is 15.7 Å². The van der Waals surface area contributed by atoms with Crippen molar-refractivity contribution in [1.82, 2.24) is 10.1 Å². The van der Waals surface area contributed by atoms with E-state index in [4.69, 9.17) is 4.52 Å². The lowest BCUT2D eigenvalue weighted by Gasteiger charge is -2.06. The van der Waals surface area contributed by atoms with Gasteiger partial charge in [0.25, 0.3) is 0 Å². The van der Waals surface area contributed by atoms with E-state index in [9.17, 15) is 0 Å². The van der Waals surface area contributed by atoms with E-state index in [1.807, 2.05) is 36.4 Å². The second kappa shape index (κ2) is 6.10. The topological polar surface area (TPSA) is 51.0 Å². The first-order valence-electron chi connectivity index (χ1n) is 6.60. The smallest absolute Gasteiger partial charge is 0.246 e. The van der Waals surface area contributed by atoms with Crippen molar-refractivity contribution in [3.05, 3.63) is 64.5 Å². The maximum absolute atomic E-state index is 5.27. The van der Waals surface area contributed by atoms with E-state index in [1.54, 1.807) is 0 Å². The Kier molecular flexibility index (Phi) is 4.01. The fourth-order valence-corrected chi connectivity index (χ4v) is 2.60. The van der Waals surface area contributed by atoms with Crippen LogP contribution in [-0.4, -0.2) is 10.1 Å². The monoisotopic (exact) mass is 343 g/mol. The van der Waals surface area contributed by atoms with Gasteiger partial charge in [-0.05, 0) is 40.5 Å². The van der Waals surface area contributed by atoms with Crippen molar-refractivity contribution in [3.63, 3.8) is 0 Å². The summed E-state index contributed by atoms with van der Waals surface area (Å²) in [7, 11) is 0. The molecule has 0 radical (unpaired) electrons. The molecule has 0 atom stereocenters. The fourth-order valence-electron chi connectivity index (χ4n) is 1.97. The van der Waals surface area contributed by atoms with Crippen LogP contribution in [0.2, 0.25) is 0 Å². The first-order valence-corrected chi connectivity index (χ1v) is 7.40. The van der Waals surface area contributed by atoms with Crippen LogP contribution < -0.4 is 5.32 Å². The molecule has 3 rings (SSSR count). The minimum Gasteiger partial charge on any atom is -0.375 e. The lowest BCUT2D eigenvalue weighted by atomic mass is 10.2. The van der Waals surface area contributed by atoms with E-state index in [0.29, 0.717) is 18.3 Å². The number of benzene rings is 2. The molecule has 5 heteroatoms. The molecular weight excluding hydrogens is 330 g/mol. The van der Waals surface area contributed by atoms with Gasteiger partial charge in [-0.15, -0.1) is 0 Å². The fraction of sp³-hybridized carbons (Fsp3) is 0.125. The van der Waals surface area contributed by atoms with Gasteiger partial charge in [0.2, 0.25) is 11.7 Å². The van der Waals surface area contributed by atoms with Crippen molar-refractivity contribution < 1.29 is 4.52 Å². The van der Waals surface area contributed by atoms with Gasteiger partial charge in [0, 0.05) is 15.7 Å². The summed E-state index contributed by atoms with van der Waals surface area (Å²) in [5.74, 6) is 1.16. The van der Waals surface area contributed by atoms with Crippen molar-refractivity contribution in [1.29, 1.82) is 0 Å². The van der Waals surface area contributed by atoms with Crippen molar-refractivity contribution in [2.45, 2.75) is 13.5 Å². The lowest BCUT2D eigenvalue weighted by Crippen LogP contribution is -2.00. The molecule has 4 nitrogen and oxygen atoms in total. The van der Waals surface area contributed by atoms with E-state index in [2.05, 4.69) is 50.4 Å². The number of nitrogens with one attached hydrogen (secondary N) is 1. The maximum Gasteiger partial charge on any atom is 0.246 e. The number of hydrogen-bond donors (Lipinski definition) is 1. The predicted molar refractivity (Wildman–Crippen MR) is 85.9 cm³/mol. The zero-order valence-corrected chi connectivity index (χ0v) is 13.1. The van der Waals surface area contributed by atoms with Crippen LogP contribution in [0.15, 0.2) is 57.5 Å². The second-order valence-electron chi connectivity index (χ2n) is 4.71. The third-order valence-corrected chi connectivity index (χ3v) is 3.71. The number of aryl methyl sites for hydroxylation is 1. The highest BCUT2D eigenvalue weighted by Crippen LogP contribution is 2.24. The molecule has 1 heterocycles. The van der Waals surface area contributed by atoms with Crippen LogP contribution in [0.4, 0.5) is 5.69 Å². The molecular formula is C16H14BrN3O. The molecule has 0 saturated heterocycles. The van der Waals surface area contributed by atoms with E-state index >= 15 is 0 Å². The predicted octanol–water partition coefficient (Wildman–Crippen LogP) is 4.42. The Bertz CT molecular complexity index is 740. The van der Waals surface area contributed by atoms with Crippen LogP contribution >= 0.6 is 15.9 Å². The summed E-state index contributed by atoms with van der Waals surface area (Å²) in [4.78, 5) is 4.39. The molecule has 1 aromatic heterocycles. The normalized spacial score (nSPS) is 10.6. The second-order valence-corrected chi connectivity index (χ2v) is 5.57. The van der Waals surface area contributed by atoms with Crippen LogP contribution in [0.3, 0.4) is 0 Å². The van der Waals surface area contributed by atoms with Gasteiger partial charge in [0.05, 0.1) is 6.54 Å². The van der Waals surface area contributed by atoms with Crippen molar-refractivity contribution >= 4 is 21.6 Å². The van der Waals surface area contributed by atoms with Crippen molar-refractivity contribution in [3.8, 4) is 11.4 Å². The molecule has 0 spiro atoms. The first kappa shape index (κ1) is 13.8. The zero-order chi connectivity index (χ0) is 14.7. The van der Waals surface area contributed by atoms with Crippen LogP contribution in [0, 0.1) is 6.92 Å². The van der Waals surface area contributed by atoms with Gasteiger partial charge >= 0.3 is 0 Å². The highest BCUT2D eigenvalue weighted by atomic mass is 79.9. The summed E-state index contributed by atoms with van der Waals surface area (Å²) in [5, 5.41) is 7.28. The largest absolute Gasteiger partial charge is 0.375 e. The molecule has 1 N–H and O–H groups in total. The highest BCUT2D eigenvalue weighted by Gasteiger charge is 2.08. The molecule has 0 aliphatic heterocycles. The maximum atomic E-state index is 5.27. The Morgan fingerprint density at radius 2 is 1.95 bits per heavy atom. The molecule has 21 heavy (non-hydrogen) atoms. The molecule has 0 aliphatic rings. The zero-order valence-electron chi connectivity index (χ0n) is 11.5. The van der Waals surface area contributed by atoms with Gasteiger partial charge in [-0.3, -0.25) is 0 Å². The summed E-state index contributed by atoms with van der Waals surface area (Å²) < 4.78 is 6.28. The van der Waals surface area contributed by atoms with Gasteiger partial charge in [0.1, 0.15) is 0 Å². The van der Waals surface area contributed by atoms with Crippen molar-refractivity contribution in [2.24, 2.45) is 0 Å². The summed E-state index contributed by atoms with van der Waals surface area (Å²) >= 11 is 3.53. The number of rotatable bonds is 4. The molecule has 0 saturated carbocycles. The first-order chi connectivity index (χ1) is 10.2. The van der Waals surface area contributed by atoms with Crippen LogP contribution in [0.1, 0.15) is 11.5 Å². The Morgan fingerprint density at radius 3 is 2.71 bits per heavy atom. The summed E-state index contributed by atoms with van der Waals surface area (Å²) in [6.07, 6.45) is 0. The average molecular weight is 344 g/mol. The summed E-state index contributed by atoms with van der Waals surface area (Å²) in [6.45, 7) is 2.54. The lowest BCUT2D eigenvalue weighted by molar-refractivity contribution is 0.384. The number of halogens is 1. The quantitative estimate of drug-likeness (QED) is 0.761. The van der Waals surface area contributed by atoms with Gasteiger partial charge in [0.15, 0.2) is 0 Å². The van der Waals surface area contributed by atoms with Crippen LogP contribution in [0.25, 0.3) is 11.4 Å². The standard InChI is InChI=1S/C16H14BrN3O/c1-11-7-8-14(13(17)9-11)18-10-15-19-16(20-21-15)12-5-3-2-4-6-12/h2-9,18H,10H2,1H3. The van der Waals surface area contributed by atoms with E-state index < -0.39 is 0 Å². The summed E-state index contributed by atoms with van der Waals surface area (Å²) in [6, 6.07) is 15.9. The molecule has 0 fully saturated rings. The van der Waals surface area contributed by atoms with Gasteiger partial charge < -0.3 is 9.84 Å². The highest BCUT2D eigenvalue weighted by molar-refractivity contribution is 9.10. The van der Waals surface area contributed by atoms with E-state index in [1.165, 1.54) is 5.56 Å². The number of nitrogens with zero attached hydrogens (tertiary/aromatic N) is 2. The molecule has 0 aliphatic carbocycles. The Hall–Kier alpha value is -2.14. The van der Waals surface area contributed by atoms with Crippen LogP contribution in [-0.2, 0) is 6.54 Å². The number of hydrogen-bond acceptors (Lipinski definition) is 4. The third kappa shape index (κ3) is 3.31. The molecule has 2 aromatic carbocycles. The molecule has 0 amide bonds. The van der Waals surface area contributed by atoms with E-state index in [-0.39, 0.29) is 0 Å².